The zero-order valence-electron chi connectivity index (χ0n) is 20.9. The van der Waals surface area contributed by atoms with Gasteiger partial charge in [0.25, 0.3) is 0 Å². The van der Waals surface area contributed by atoms with E-state index in [2.05, 4.69) is 29.7 Å². The molecule has 1 aliphatic carbocycles. The maximum absolute atomic E-state index is 12.8. The minimum atomic E-state index is -4.33. The SMILES string of the molecule is CC(C)(O)O.OCC1CCC(n2cnc3c(NC4CCN(c5ccc(C(F)(F)F)cc5)C4)ncnc32)C1. The second kappa shape index (κ2) is 10.8. The normalized spacial score (nSPS) is 22.3. The fourth-order valence-corrected chi connectivity index (χ4v) is 4.86. The third kappa shape index (κ3) is 6.88. The molecule has 3 heterocycles. The average molecular weight is 523 g/mol. The lowest BCUT2D eigenvalue weighted by atomic mass is 10.1. The van der Waals surface area contributed by atoms with Gasteiger partial charge in [-0.3, -0.25) is 0 Å². The number of halogens is 3. The molecule has 4 N–H and O–H groups in total. The fraction of sp³-hybridized carbons (Fsp3) is 0.560. The van der Waals surface area contributed by atoms with E-state index in [1.54, 1.807) is 6.33 Å². The zero-order chi connectivity index (χ0) is 26.8. The summed E-state index contributed by atoms with van der Waals surface area (Å²) in [5.41, 5.74) is 1.64. The molecule has 1 saturated carbocycles. The van der Waals surface area contributed by atoms with Crippen molar-refractivity contribution in [2.75, 3.05) is 29.9 Å². The molecule has 2 aliphatic rings. The predicted molar refractivity (Wildman–Crippen MR) is 133 cm³/mol. The Balaban J connectivity index is 0.000000586. The van der Waals surface area contributed by atoms with Crippen molar-refractivity contribution in [3.63, 3.8) is 0 Å². The van der Waals surface area contributed by atoms with Gasteiger partial charge in [-0.05, 0) is 69.7 Å². The topological polar surface area (TPSA) is 120 Å². The molecule has 2 aromatic heterocycles. The highest BCUT2D eigenvalue weighted by Crippen LogP contribution is 2.36. The van der Waals surface area contributed by atoms with Crippen LogP contribution < -0.4 is 10.2 Å². The summed E-state index contributed by atoms with van der Waals surface area (Å²) < 4.78 is 40.5. The predicted octanol–water partition coefficient (Wildman–Crippen LogP) is 3.58. The Morgan fingerprint density at radius 1 is 1.03 bits per heavy atom. The molecule has 1 saturated heterocycles. The highest BCUT2D eigenvalue weighted by atomic mass is 19.4. The van der Waals surface area contributed by atoms with Crippen molar-refractivity contribution in [3.8, 4) is 0 Å². The Morgan fingerprint density at radius 3 is 2.35 bits per heavy atom. The van der Waals surface area contributed by atoms with Crippen molar-refractivity contribution >= 4 is 22.7 Å². The standard InChI is InChI=1S/C22H25F3N6O.C3H8O2/c23-22(24,25)15-2-5-17(6-3-15)30-8-7-16(10-30)29-20-19-21(27-12-26-20)31(13-28-19)18-4-1-14(9-18)11-32;1-3(2,4)5/h2-3,5-6,12-14,16,18,32H,1,4,7-11H2,(H,26,27,29);4-5H,1-2H3. The lowest BCUT2D eigenvalue weighted by molar-refractivity contribution is -0.137. The van der Waals surface area contributed by atoms with Crippen LogP contribution in [0.4, 0.5) is 24.7 Å². The van der Waals surface area contributed by atoms with E-state index in [9.17, 15) is 18.3 Å². The number of anilines is 2. The van der Waals surface area contributed by atoms with Crippen molar-refractivity contribution in [1.82, 2.24) is 19.5 Å². The van der Waals surface area contributed by atoms with Crippen molar-refractivity contribution in [3.05, 3.63) is 42.5 Å². The molecular weight excluding hydrogens is 489 g/mol. The second-order valence-corrected chi connectivity index (χ2v) is 10.2. The number of aliphatic hydroxyl groups is 3. The molecule has 0 bridgehead atoms. The van der Waals surface area contributed by atoms with Crippen LogP contribution in [0.5, 0.6) is 0 Å². The first-order chi connectivity index (χ1) is 17.4. The van der Waals surface area contributed by atoms with Crippen LogP contribution in [-0.4, -0.2) is 66.4 Å². The second-order valence-electron chi connectivity index (χ2n) is 10.2. The Kier molecular flexibility index (Phi) is 7.91. The molecule has 37 heavy (non-hydrogen) atoms. The number of alkyl halides is 3. The quantitative estimate of drug-likeness (QED) is 0.376. The summed E-state index contributed by atoms with van der Waals surface area (Å²) >= 11 is 0. The van der Waals surface area contributed by atoms with Gasteiger partial charge in [-0.1, -0.05) is 0 Å². The zero-order valence-corrected chi connectivity index (χ0v) is 20.9. The van der Waals surface area contributed by atoms with Gasteiger partial charge in [0.05, 0.1) is 11.9 Å². The van der Waals surface area contributed by atoms with Crippen LogP contribution >= 0.6 is 0 Å². The first-order valence-corrected chi connectivity index (χ1v) is 12.3. The molecule has 0 radical (unpaired) electrons. The maximum Gasteiger partial charge on any atom is 0.416 e. The Morgan fingerprint density at radius 2 is 1.73 bits per heavy atom. The first kappa shape index (κ1) is 27.1. The average Bonchev–Trinajstić information content (AvgIpc) is 3.57. The molecule has 3 aromatic rings. The number of rotatable bonds is 5. The lowest BCUT2D eigenvalue weighted by Gasteiger charge is -2.20. The molecule has 2 fully saturated rings. The number of nitrogens with zero attached hydrogens (tertiary/aromatic N) is 5. The monoisotopic (exact) mass is 522 g/mol. The van der Waals surface area contributed by atoms with Crippen LogP contribution in [0.2, 0.25) is 0 Å². The number of hydrogen-bond acceptors (Lipinski definition) is 8. The number of fused-ring (bicyclic) bond motifs is 1. The molecular formula is C25H33F3N6O3. The van der Waals surface area contributed by atoms with E-state index in [4.69, 9.17) is 10.2 Å². The van der Waals surface area contributed by atoms with Gasteiger partial charge in [-0.15, -0.1) is 0 Å². The fourth-order valence-electron chi connectivity index (χ4n) is 4.86. The summed E-state index contributed by atoms with van der Waals surface area (Å²) in [6.07, 6.45) is 2.76. The Labute approximate surface area is 213 Å². The van der Waals surface area contributed by atoms with Crippen LogP contribution in [0, 0.1) is 5.92 Å². The first-order valence-electron chi connectivity index (χ1n) is 12.3. The summed E-state index contributed by atoms with van der Waals surface area (Å²) in [6.45, 7) is 4.22. The number of aromatic nitrogens is 4. The molecule has 202 valence electrons. The molecule has 0 amide bonds. The van der Waals surface area contributed by atoms with Crippen LogP contribution in [0.15, 0.2) is 36.9 Å². The highest BCUT2D eigenvalue weighted by molar-refractivity contribution is 5.83. The summed E-state index contributed by atoms with van der Waals surface area (Å²) in [7, 11) is 0. The van der Waals surface area contributed by atoms with Gasteiger partial charge in [-0.2, -0.15) is 13.2 Å². The molecule has 1 aliphatic heterocycles. The van der Waals surface area contributed by atoms with Gasteiger partial charge in [0.15, 0.2) is 17.3 Å². The van der Waals surface area contributed by atoms with Crippen LogP contribution in [0.3, 0.4) is 0 Å². The van der Waals surface area contributed by atoms with E-state index in [1.165, 1.54) is 32.3 Å². The van der Waals surface area contributed by atoms with Gasteiger partial charge >= 0.3 is 6.18 Å². The van der Waals surface area contributed by atoms with E-state index in [0.717, 1.165) is 55.7 Å². The van der Waals surface area contributed by atoms with Crippen molar-refractivity contribution in [1.29, 1.82) is 0 Å². The van der Waals surface area contributed by atoms with Gasteiger partial charge in [-0.25, -0.2) is 15.0 Å². The highest BCUT2D eigenvalue weighted by Gasteiger charge is 2.31. The molecule has 0 spiro atoms. The van der Waals surface area contributed by atoms with Crippen LogP contribution in [0.25, 0.3) is 11.2 Å². The van der Waals surface area contributed by atoms with E-state index in [-0.39, 0.29) is 18.7 Å². The number of aliphatic hydroxyl groups excluding tert-OH is 1. The smallest absolute Gasteiger partial charge is 0.396 e. The minimum Gasteiger partial charge on any atom is -0.396 e. The largest absolute Gasteiger partial charge is 0.416 e. The molecule has 9 nitrogen and oxygen atoms in total. The van der Waals surface area contributed by atoms with E-state index in [1.807, 2.05) is 0 Å². The molecule has 12 heteroatoms. The molecule has 3 atom stereocenters. The van der Waals surface area contributed by atoms with Crippen molar-refractivity contribution < 1.29 is 28.5 Å². The van der Waals surface area contributed by atoms with Gasteiger partial charge < -0.3 is 30.1 Å². The van der Waals surface area contributed by atoms with Gasteiger partial charge in [0.1, 0.15) is 11.8 Å². The molecule has 3 unspecified atom stereocenters. The minimum absolute atomic E-state index is 0.103. The number of imidazole rings is 1. The van der Waals surface area contributed by atoms with Crippen molar-refractivity contribution in [2.45, 2.75) is 63.6 Å². The van der Waals surface area contributed by atoms with Gasteiger partial charge in [0.2, 0.25) is 0 Å². The van der Waals surface area contributed by atoms with Crippen LogP contribution in [-0.2, 0) is 6.18 Å². The van der Waals surface area contributed by atoms with E-state index >= 15 is 0 Å². The van der Waals surface area contributed by atoms with Gasteiger partial charge in [0, 0.05) is 37.5 Å². The molecule has 1 aromatic carbocycles. The number of nitrogens with one attached hydrogen (secondary N) is 1. The van der Waals surface area contributed by atoms with E-state index in [0.29, 0.717) is 23.8 Å². The summed E-state index contributed by atoms with van der Waals surface area (Å²) in [6, 6.07) is 5.68. The maximum atomic E-state index is 12.8. The Bertz CT molecular complexity index is 1170. The lowest BCUT2D eigenvalue weighted by Crippen LogP contribution is -2.26. The molecule has 5 rings (SSSR count). The number of benzene rings is 1. The van der Waals surface area contributed by atoms with Crippen LogP contribution in [0.1, 0.15) is 51.1 Å². The summed E-state index contributed by atoms with van der Waals surface area (Å²) in [5, 5.41) is 29.0. The summed E-state index contributed by atoms with van der Waals surface area (Å²) in [4.78, 5) is 15.5. The third-order valence-electron chi connectivity index (χ3n) is 6.61. The number of hydrogen-bond donors (Lipinski definition) is 4. The van der Waals surface area contributed by atoms with E-state index < -0.39 is 17.5 Å². The summed E-state index contributed by atoms with van der Waals surface area (Å²) in [5.74, 6) is -0.503. The Hall–Kier alpha value is -2.96. The van der Waals surface area contributed by atoms with Crippen molar-refractivity contribution in [2.24, 2.45) is 5.92 Å². The third-order valence-corrected chi connectivity index (χ3v) is 6.61.